The number of fused-ring (bicyclic) bond motifs is 1. The fraction of sp³-hybridized carbons (Fsp3) is 0.133. The Balaban J connectivity index is 1.95. The second-order valence-electron chi connectivity index (χ2n) is 4.64. The smallest absolute Gasteiger partial charge is 0.246 e. The molecule has 2 aromatic carbocycles. The lowest BCUT2D eigenvalue weighted by Gasteiger charge is -2.11. The first-order chi connectivity index (χ1) is 10.1. The van der Waals surface area contributed by atoms with Crippen molar-refractivity contribution >= 4 is 39.1 Å². The topological polar surface area (TPSA) is 50.4 Å². The molecular formula is C15H12BrClN2O2. The molecule has 0 aromatic heterocycles. The molecule has 6 heteroatoms. The maximum Gasteiger partial charge on any atom is 0.246 e. The van der Waals surface area contributed by atoms with Crippen LogP contribution in [0.4, 0.5) is 5.69 Å². The minimum absolute atomic E-state index is 0.0701. The largest absolute Gasteiger partial charge is 0.456 e. The number of benzene rings is 2. The van der Waals surface area contributed by atoms with Gasteiger partial charge in [0.1, 0.15) is 17.5 Å². The second kappa shape index (κ2) is 5.67. The van der Waals surface area contributed by atoms with Crippen LogP contribution in [0.1, 0.15) is 11.6 Å². The molecule has 1 amide bonds. The van der Waals surface area contributed by atoms with Crippen molar-refractivity contribution in [2.45, 2.75) is 6.04 Å². The Labute approximate surface area is 135 Å². The lowest BCUT2D eigenvalue weighted by atomic mass is 10.1. The number of halogens is 2. The van der Waals surface area contributed by atoms with Crippen LogP contribution in [-0.4, -0.2) is 13.0 Å². The SMILES string of the molecule is CNC1C(=O)Nc2cc(Oc3cccc(Cl)c3)c(Br)cc21. The average molecular weight is 368 g/mol. The first-order valence-electron chi connectivity index (χ1n) is 6.33. The Morgan fingerprint density at radius 1 is 1.33 bits per heavy atom. The van der Waals surface area contributed by atoms with Crippen LogP contribution in [-0.2, 0) is 4.79 Å². The van der Waals surface area contributed by atoms with Crippen LogP contribution in [0.5, 0.6) is 11.5 Å². The number of carbonyl (C=O) groups excluding carboxylic acids is 1. The van der Waals surface area contributed by atoms with E-state index in [-0.39, 0.29) is 11.9 Å². The number of anilines is 1. The van der Waals surface area contributed by atoms with Gasteiger partial charge in [-0.15, -0.1) is 0 Å². The van der Waals surface area contributed by atoms with Crippen molar-refractivity contribution in [3.8, 4) is 11.5 Å². The van der Waals surface area contributed by atoms with Crippen LogP contribution in [0, 0.1) is 0 Å². The van der Waals surface area contributed by atoms with Gasteiger partial charge in [-0.05, 0) is 47.2 Å². The predicted molar refractivity (Wildman–Crippen MR) is 86.1 cm³/mol. The third-order valence-electron chi connectivity index (χ3n) is 3.25. The Morgan fingerprint density at radius 2 is 2.14 bits per heavy atom. The van der Waals surface area contributed by atoms with Gasteiger partial charge in [0.15, 0.2) is 0 Å². The molecule has 1 unspecified atom stereocenters. The van der Waals surface area contributed by atoms with E-state index in [1.54, 1.807) is 25.2 Å². The fourth-order valence-corrected chi connectivity index (χ4v) is 2.91. The van der Waals surface area contributed by atoms with E-state index in [9.17, 15) is 4.79 Å². The Hall–Kier alpha value is -1.56. The van der Waals surface area contributed by atoms with Crippen molar-refractivity contribution in [1.29, 1.82) is 0 Å². The third kappa shape index (κ3) is 2.77. The molecular weight excluding hydrogens is 356 g/mol. The highest BCUT2D eigenvalue weighted by molar-refractivity contribution is 9.10. The van der Waals surface area contributed by atoms with E-state index in [4.69, 9.17) is 16.3 Å². The summed E-state index contributed by atoms with van der Waals surface area (Å²) in [6, 6.07) is 10.5. The summed E-state index contributed by atoms with van der Waals surface area (Å²) in [5.41, 5.74) is 1.65. The number of hydrogen-bond acceptors (Lipinski definition) is 3. The van der Waals surface area contributed by atoms with Gasteiger partial charge < -0.3 is 15.4 Å². The lowest BCUT2D eigenvalue weighted by molar-refractivity contribution is -0.117. The van der Waals surface area contributed by atoms with E-state index < -0.39 is 0 Å². The Morgan fingerprint density at radius 3 is 2.86 bits per heavy atom. The summed E-state index contributed by atoms with van der Waals surface area (Å²) in [5, 5.41) is 6.42. The zero-order valence-electron chi connectivity index (χ0n) is 11.1. The van der Waals surface area contributed by atoms with Crippen LogP contribution in [0.25, 0.3) is 0 Å². The van der Waals surface area contributed by atoms with Crippen molar-refractivity contribution in [3.63, 3.8) is 0 Å². The molecule has 1 heterocycles. The summed E-state index contributed by atoms with van der Waals surface area (Å²) in [5.74, 6) is 1.19. The van der Waals surface area contributed by atoms with Gasteiger partial charge in [0.05, 0.1) is 4.47 Å². The molecule has 0 fully saturated rings. The van der Waals surface area contributed by atoms with Crippen LogP contribution in [0.15, 0.2) is 40.9 Å². The zero-order valence-corrected chi connectivity index (χ0v) is 13.5. The molecule has 0 saturated carbocycles. The number of rotatable bonds is 3. The standard InChI is InChI=1S/C15H12BrClN2O2/c1-18-14-10-6-11(16)13(7-12(10)19-15(14)20)21-9-4-2-3-8(17)5-9/h2-7,14,18H,1H3,(H,19,20). The highest BCUT2D eigenvalue weighted by atomic mass is 79.9. The van der Waals surface area contributed by atoms with Gasteiger partial charge in [-0.1, -0.05) is 17.7 Å². The molecule has 108 valence electrons. The van der Waals surface area contributed by atoms with Gasteiger partial charge in [-0.25, -0.2) is 0 Å². The maximum atomic E-state index is 11.8. The molecule has 0 spiro atoms. The van der Waals surface area contributed by atoms with Crippen molar-refractivity contribution in [2.75, 3.05) is 12.4 Å². The molecule has 4 nitrogen and oxygen atoms in total. The number of likely N-dealkylation sites (N-methyl/N-ethyl adjacent to an activating group) is 1. The zero-order chi connectivity index (χ0) is 15.0. The van der Waals surface area contributed by atoms with E-state index in [1.165, 1.54) is 0 Å². The maximum absolute atomic E-state index is 11.8. The van der Waals surface area contributed by atoms with E-state index >= 15 is 0 Å². The van der Waals surface area contributed by atoms with Crippen molar-refractivity contribution < 1.29 is 9.53 Å². The van der Waals surface area contributed by atoms with Crippen LogP contribution < -0.4 is 15.4 Å². The first-order valence-corrected chi connectivity index (χ1v) is 7.50. The minimum atomic E-state index is -0.337. The van der Waals surface area contributed by atoms with Gasteiger partial charge in [0.25, 0.3) is 0 Å². The van der Waals surface area contributed by atoms with Gasteiger partial charge in [-0.2, -0.15) is 0 Å². The van der Waals surface area contributed by atoms with E-state index in [2.05, 4.69) is 26.6 Å². The summed E-state index contributed by atoms with van der Waals surface area (Å²) in [4.78, 5) is 11.8. The number of hydrogen-bond donors (Lipinski definition) is 2. The fourth-order valence-electron chi connectivity index (χ4n) is 2.28. The van der Waals surface area contributed by atoms with E-state index in [0.717, 1.165) is 15.7 Å². The molecule has 3 rings (SSSR count). The number of carbonyl (C=O) groups is 1. The summed E-state index contributed by atoms with van der Waals surface area (Å²) >= 11 is 9.42. The lowest BCUT2D eigenvalue weighted by Crippen LogP contribution is -2.23. The van der Waals surface area contributed by atoms with Crippen LogP contribution >= 0.6 is 27.5 Å². The van der Waals surface area contributed by atoms with Crippen LogP contribution in [0.3, 0.4) is 0 Å². The van der Waals surface area contributed by atoms with Gasteiger partial charge in [-0.3, -0.25) is 4.79 Å². The molecule has 0 saturated heterocycles. The Kier molecular flexibility index (Phi) is 3.89. The van der Waals surface area contributed by atoms with Crippen molar-refractivity contribution in [2.24, 2.45) is 0 Å². The van der Waals surface area contributed by atoms with Crippen molar-refractivity contribution in [1.82, 2.24) is 5.32 Å². The first kappa shape index (κ1) is 14.4. The molecule has 2 aromatic rings. The Bertz CT molecular complexity index is 721. The monoisotopic (exact) mass is 366 g/mol. The summed E-state index contributed by atoms with van der Waals surface area (Å²) in [6.07, 6.45) is 0. The second-order valence-corrected chi connectivity index (χ2v) is 5.93. The van der Waals surface area contributed by atoms with Crippen LogP contribution in [0.2, 0.25) is 5.02 Å². The molecule has 2 N–H and O–H groups in total. The summed E-state index contributed by atoms with van der Waals surface area (Å²) in [6.45, 7) is 0. The predicted octanol–water partition coefficient (Wildman–Crippen LogP) is 4.11. The third-order valence-corrected chi connectivity index (χ3v) is 4.10. The van der Waals surface area contributed by atoms with Gasteiger partial charge in [0, 0.05) is 22.3 Å². The molecule has 1 aliphatic rings. The number of nitrogens with one attached hydrogen (secondary N) is 2. The minimum Gasteiger partial charge on any atom is -0.456 e. The van der Waals surface area contributed by atoms with Crippen molar-refractivity contribution in [3.05, 3.63) is 51.5 Å². The quantitative estimate of drug-likeness (QED) is 0.858. The molecule has 1 atom stereocenters. The summed E-state index contributed by atoms with van der Waals surface area (Å²) < 4.78 is 6.59. The molecule has 0 radical (unpaired) electrons. The molecule has 0 bridgehead atoms. The molecule has 1 aliphatic heterocycles. The normalized spacial score (nSPS) is 16.5. The highest BCUT2D eigenvalue weighted by Gasteiger charge is 2.30. The number of amides is 1. The molecule has 21 heavy (non-hydrogen) atoms. The molecule has 0 aliphatic carbocycles. The summed E-state index contributed by atoms with van der Waals surface area (Å²) in [7, 11) is 1.75. The van der Waals surface area contributed by atoms with Gasteiger partial charge >= 0.3 is 0 Å². The van der Waals surface area contributed by atoms with Gasteiger partial charge in [0.2, 0.25) is 5.91 Å². The highest BCUT2D eigenvalue weighted by Crippen LogP contribution is 2.40. The van der Waals surface area contributed by atoms with E-state index in [0.29, 0.717) is 16.5 Å². The number of ether oxygens (including phenoxy) is 1. The van der Waals surface area contributed by atoms with E-state index in [1.807, 2.05) is 18.2 Å². The average Bonchev–Trinajstić information content (AvgIpc) is 2.74.